The minimum Gasteiger partial charge on any atom is -0.496 e. The number of para-hydroxylation sites is 1. The normalized spacial score (nSPS) is 14.6. The highest BCUT2D eigenvalue weighted by atomic mass is 32.1. The summed E-state index contributed by atoms with van der Waals surface area (Å²) < 4.78 is 28.4. The van der Waals surface area contributed by atoms with Crippen LogP contribution < -0.4 is 24.4 Å². The zero-order valence-electron chi connectivity index (χ0n) is 26.1. The van der Waals surface area contributed by atoms with Gasteiger partial charge in [0.05, 0.1) is 22.9 Å². The fourth-order valence-corrected chi connectivity index (χ4v) is 6.94. The van der Waals surface area contributed by atoms with Crippen molar-refractivity contribution in [3.63, 3.8) is 0 Å². The Labute approximate surface area is 270 Å². The van der Waals surface area contributed by atoms with Gasteiger partial charge in [0, 0.05) is 29.8 Å². The molecule has 6 rings (SSSR count). The molecule has 9 heteroatoms. The standard InChI is InChI=1S/C37H34FN3O4S/c1-5-40(6-2)36(43)33-23(3)39-37-41(34(33)27-16-10-12-18-30(27)44-4)35(42)32(46-37)21-28-26-15-9-7-13-24(26)19-20-31(28)45-22-25-14-8-11-17-29(25)38/h7-21,34H,5-6,22H2,1-4H3/b32-21+/t34-/m1/s1. The topological polar surface area (TPSA) is 73.1 Å². The molecule has 0 bridgehead atoms. The highest BCUT2D eigenvalue weighted by Gasteiger charge is 2.35. The Balaban J connectivity index is 1.56. The number of benzene rings is 4. The molecular formula is C37H34FN3O4S. The molecule has 0 spiro atoms. The predicted molar refractivity (Wildman–Crippen MR) is 179 cm³/mol. The summed E-state index contributed by atoms with van der Waals surface area (Å²) in [5.74, 6) is 0.566. The molecule has 0 saturated heterocycles. The number of nitrogens with zero attached hydrogens (tertiary/aromatic N) is 3. The molecule has 5 aromatic rings. The van der Waals surface area contributed by atoms with E-state index >= 15 is 0 Å². The van der Waals surface area contributed by atoms with Gasteiger partial charge in [0.2, 0.25) is 0 Å². The van der Waals surface area contributed by atoms with Crippen molar-refractivity contribution in [3.8, 4) is 11.5 Å². The number of aromatic nitrogens is 1. The van der Waals surface area contributed by atoms with E-state index in [0.29, 0.717) is 61.9 Å². The Morgan fingerprint density at radius 2 is 1.70 bits per heavy atom. The van der Waals surface area contributed by atoms with Gasteiger partial charge >= 0.3 is 0 Å². The van der Waals surface area contributed by atoms with Gasteiger partial charge in [-0.25, -0.2) is 9.38 Å². The summed E-state index contributed by atoms with van der Waals surface area (Å²) in [6, 6.07) is 24.8. The van der Waals surface area contributed by atoms with Crippen molar-refractivity contribution in [3.05, 3.63) is 138 Å². The van der Waals surface area contributed by atoms with E-state index in [1.165, 1.54) is 17.4 Å². The molecule has 1 aliphatic rings. The summed E-state index contributed by atoms with van der Waals surface area (Å²) >= 11 is 1.25. The Morgan fingerprint density at radius 1 is 0.978 bits per heavy atom. The van der Waals surface area contributed by atoms with Crippen molar-refractivity contribution in [2.45, 2.75) is 33.4 Å². The van der Waals surface area contributed by atoms with Crippen molar-refractivity contribution < 1.29 is 18.7 Å². The van der Waals surface area contributed by atoms with Crippen LogP contribution in [0.25, 0.3) is 16.8 Å². The number of amides is 1. The lowest BCUT2D eigenvalue weighted by atomic mass is 9.94. The van der Waals surface area contributed by atoms with E-state index in [-0.39, 0.29) is 23.9 Å². The van der Waals surface area contributed by atoms with Gasteiger partial charge in [0.1, 0.15) is 30.0 Å². The number of thiazole rings is 1. The van der Waals surface area contributed by atoms with Crippen LogP contribution in [-0.4, -0.2) is 35.6 Å². The first kappa shape index (κ1) is 31.0. The van der Waals surface area contributed by atoms with Crippen molar-refractivity contribution in [1.82, 2.24) is 9.47 Å². The van der Waals surface area contributed by atoms with Gasteiger partial charge in [-0.05, 0) is 55.8 Å². The highest BCUT2D eigenvalue weighted by Crippen LogP contribution is 2.36. The minimum atomic E-state index is -0.744. The number of allylic oxidation sites excluding steroid dienone is 1. The van der Waals surface area contributed by atoms with E-state index in [2.05, 4.69) is 0 Å². The summed E-state index contributed by atoms with van der Waals surface area (Å²) in [5.41, 5.74) is 2.53. The lowest BCUT2D eigenvalue weighted by Crippen LogP contribution is -2.43. The maximum Gasteiger partial charge on any atom is 0.271 e. The van der Waals surface area contributed by atoms with E-state index in [1.807, 2.05) is 87.5 Å². The number of methoxy groups -OCH3 is 1. The molecular weight excluding hydrogens is 601 g/mol. The molecule has 0 unspecified atom stereocenters. The number of ether oxygens (including phenoxy) is 2. The quantitative estimate of drug-likeness (QED) is 0.200. The maximum absolute atomic E-state index is 14.5. The number of likely N-dealkylation sites (N-methyl/N-ethyl adjacent to an activating group) is 1. The number of hydrogen-bond acceptors (Lipinski definition) is 6. The van der Waals surface area contributed by atoms with Gasteiger partial charge < -0.3 is 14.4 Å². The Hall–Kier alpha value is -5.02. The van der Waals surface area contributed by atoms with Crippen LogP contribution in [0.3, 0.4) is 0 Å². The zero-order valence-corrected chi connectivity index (χ0v) is 26.9. The maximum atomic E-state index is 14.5. The second-order valence-electron chi connectivity index (χ2n) is 10.9. The Kier molecular flexibility index (Phi) is 8.85. The first-order valence-corrected chi connectivity index (χ1v) is 16.0. The molecule has 1 aromatic heterocycles. The molecule has 4 aromatic carbocycles. The SMILES string of the molecule is CCN(CC)C(=O)C1=C(C)N=c2s/c(=C/c3c(OCc4ccccc4F)ccc4ccccc34)c(=O)n2[C@@H]1c1ccccc1OC. The first-order chi connectivity index (χ1) is 22.4. The third-order valence-electron chi connectivity index (χ3n) is 8.28. The van der Waals surface area contributed by atoms with E-state index in [0.717, 1.165) is 10.8 Å². The number of carbonyl (C=O) groups excluding carboxylic acids is 1. The molecule has 0 aliphatic carbocycles. The van der Waals surface area contributed by atoms with Gasteiger partial charge in [0.15, 0.2) is 4.80 Å². The first-order valence-electron chi connectivity index (χ1n) is 15.2. The summed E-state index contributed by atoms with van der Waals surface area (Å²) in [6.07, 6.45) is 1.81. The van der Waals surface area contributed by atoms with E-state index in [4.69, 9.17) is 14.5 Å². The lowest BCUT2D eigenvalue weighted by Gasteiger charge is -2.29. The van der Waals surface area contributed by atoms with Crippen LogP contribution in [0.2, 0.25) is 0 Å². The van der Waals surface area contributed by atoms with Crippen LogP contribution in [0.15, 0.2) is 106 Å². The number of hydrogen-bond donors (Lipinski definition) is 0. The van der Waals surface area contributed by atoms with Crippen LogP contribution in [0.4, 0.5) is 4.39 Å². The van der Waals surface area contributed by atoms with E-state index < -0.39 is 6.04 Å². The molecule has 1 atom stereocenters. The van der Waals surface area contributed by atoms with Crippen LogP contribution in [0, 0.1) is 5.82 Å². The van der Waals surface area contributed by atoms with E-state index in [1.54, 1.807) is 34.8 Å². The largest absolute Gasteiger partial charge is 0.496 e. The van der Waals surface area contributed by atoms with Gasteiger partial charge in [-0.15, -0.1) is 0 Å². The van der Waals surface area contributed by atoms with Gasteiger partial charge in [0.25, 0.3) is 11.5 Å². The number of halogens is 1. The fourth-order valence-electron chi connectivity index (χ4n) is 5.92. The Morgan fingerprint density at radius 3 is 2.46 bits per heavy atom. The number of carbonyl (C=O) groups is 1. The molecule has 0 saturated carbocycles. The van der Waals surface area contributed by atoms with Crippen molar-refractivity contribution in [2.75, 3.05) is 20.2 Å². The molecule has 234 valence electrons. The smallest absolute Gasteiger partial charge is 0.271 e. The molecule has 7 nitrogen and oxygen atoms in total. The molecule has 1 aliphatic heterocycles. The van der Waals surface area contributed by atoms with Crippen molar-refractivity contribution in [1.29, 1.82) is 0 Å². The van der Waals surface area contributed by atoms with Crippen LogP contribution in [0.5, 0.6) is 11.5 Å². The number of rotatable bonds is 9. The molecule has 1 amide bonds. The molecule has 0 fully saturated rings. The van der Waals surface area contributed by atoms with Crippen LogP contribution in [-0.2, 0) is 11.4 Å². The third-order valence-corrected chi connectivity index (χ3v) is 9.27. The average molecular weight is 636 g/mol. The average Bonchev–Trinajstić information content (AvgIpc) is 3.38. The summed E-state index contributed by atoms with van der Waals surface area (Å²) in [6.45, 7) is 6.74. The predicted octanol–water partition coefficient (Wildman–Crippen LogP) is 5.98. The van der Waals surface area contributed by atoms with Crippen LogP contribution in [0.1, 0.15) is 43.5 Å². The fraction of sp³-hybridized carbons (Fsp3) is 0.216. The number of fused-ring (bicyclic) bond motifs is 2. The summed E-state index contributed by atoms with van der Waals surface area (Å²) in [4.78, 5) is 35.5. The lowest BCUT2D eigenvalue weighted by molar-refractivity contribution is -0.127. The van der Waals surface area contributed by atoms with Crippen molar-refractivity contribution in [2.24, 2.45) is 4.99 Å². The molecule has 2 heterocycles. The summed E-state index contributed by atoms with van der Waals surface area (Å²) in [5, 5.41) is 1.85. The van der Waals surface area contributed by atoms with Crippen LogP contribution >= 0.6 is 11.3 Å². The second-order valence-corrected chi connectivity index (χ2v) is 11.9. The molecule has 0 radical (unpaired) electrons. The Bertz CT molecular complexity index is 2160. The summed E-state index contributed by atoms with van der Waals surface area (Å²) in [7, 11) is 1.58. The van der Waals surface area contributed by atoms with Gasteiger partial charge in [-0.1, -0.05) is 78.1 Å². The van der Waals surface area contributed by atoms with Gasteiger partial charge in [-0.2, -0.15) is 0 Å². The molecule has 0 N–H and O–H groups in total. The van der Waals surface area contributed by atoms with Crippen molar-refractivity contribution >= 4 is 34.1 Å². The van der Waals surface area contributed by atoms with E-state index in [9.17, 15) is 14.0 Å². The minimum absolute atomic E-state index is 0.0247. The van der Waals surface area contributed by atoms with Gasteiger partial charge in [-0.3, -0.25) is 14.2 Å². The highest BCUT2D eigenvalue weighted by molar-refractivity contribution is 7.07. The second kappa shape index (κ2) is 13.1. The molecule has 46 heavy (non-hydrogen) atoms. The third kappa shape index (κ3) is 5.63. The monoisotopic (exact) mass is 635 g/mol. The zero-order chi connectivity index (χ0) is 32.4.